The Morgan fingerprint density at radius 2 is 2.16 bits per heavy atom. The number of aryl methyl sites for hydroxylation is 1. The van der Waals surface area contributed by atoms with Gasteiger partial charge in [-0.2, -0.15) is 10.4 Å². The topological polar surface area (TPSA) is 56.1 Å². The summed E-state index contributed by atoms with van der Waals surface area (Å²) in [5.41, 5.74) is 2.40. The van der Waals surface area contributed by atoms with E-state index in [4.69, 9.17) is 0 Å². The van der Waals surface area contributed by atoms with Crippen LogP contribution in [-0.2, 0) is 0 Å². The fourth-order valence-electron chi connectivity index (χ4n) is 2.61. The molecule has 1 aliphatic rings. The SMILES string of the molecule is Cc1nnc(N(C)CC2CCCN2C)c(C#N)c1C. The normalized spacial score (nSPS) is 19.4. The van der Waals surface area contributed by atoms with Gasteiger partial charge in [0.15, 0.2) is 5.82 Å². The molecule has 0 saturated carbocycles. The van der Waals surface area contributed by atoms with E-state index in [1.54, 1.807) is 0 Å². The lowest BCUT2D eigenvalue weighted by Crippen LogP contribution is -2.37. The number of nitriles is 1. The molecule has 5 nitrogen and oxygen atoms in total. The molecular formula is C14H21N5. The lowest BCUT2D eigenvalue weighted by molar-refractivity contribution is 0.314. The number of hydrogen-bond acceptors (Lipinski definition) is 5. The summed E-state index contributed by atoms with van der Waals surface area (Å²) >= 11 is 0. The summed E-state index contributed by atoms with van der Waals surface area (Å²) in [5.74, 6) is 0.700. The number of aromatic nitrogens is 2. The van der Waals surface area contributed by atoms with Gasteiger partial charge in [0.05, 0.1) is 5.69 Å². The van der Waals surface area contributed by atoms with Gasteiger partial charge in [0, 0.05) is 19.6 Å². The third-order valence-electron chi connectivity index (χ3n) is 4.07. The van der Waals surface area contributed by atoms with Crippen molar-refractivity contribution in [1.82, 2.24) is 15.1 Å². The van der Waals surface area contributed by atoms with Crippen molar-refractivity contribution in [3.8, 4) is 6.07 Å². The summed E-state index contributed by atoms with van der Waals surface area (Å²) in [6.07, 6.45) is 2.46. The first kappa shape index (κ1) is 13.8. The van der Waals surface area contributed by atoms with Crippen molar-refractivity contribution < 1.29 is 0 Å². The van der Waals surface area contributed by atoms with Crippen molar-refractivity contribution in [3.63, 3.8) is 0 Å². The first-order valence-corrected chi connectivity index (χ1v) is 6.70. The molecule has 0 aliphatic carbocycles. The van der Waals surface area contributed by atoms with Crippen molar-refractivity contribution in [3.05, 3.63) is 16.8 Å². The van der Waals surface area contributed by atoms with Gasteiger partial charge in [0.1, 0.15) is 11.6 Å². The largest absolute Gasteiger partial charge is 0.356 e. The third kappa shape index (κ3) is 2.69. The van der Waals surface area contributed by atoms with Crippen LogP contribution in [0, 0.1) is 25.2 Å². The minimum Gasteiger partial charge on any atom is -0.356 e. The maximum absolute atomic E-state index is 9.33. The summed E-state index contributed by atoms with van der Waals surface area (Å²) in [5, 5.41) is 17.7. The highest BCUT2D eigenvalue weighted by Crippen LogP contribution is 2.22. The standard InChI is InChI=1S/C14H21N5/c1-10-11(2)16-17-14(13(10)8-15)19(4)9-12-6-5-7-18(12)3/h12H,5-7,9H2,1-4H3. The third-order valence-corrected chi connectivity index (χ3v) is 4.07. The molecule has 0 aromatic carbocycles. The Morgan fingerprint density at radius 1 is 1.42 bits per heavy atom. The van der Waals surface area contributed by atoms with Crippen LogP contribution in [0.25, 0.3) is 0 Å². The van der Waals surface area contributed by atoms with Gasteiger partial charge in [-0.3, -0.25) is 0 Å². The molecule has 102 valence electrons. The molecule has 0 spiro atoms. The second-order valence-electron chi connectivity index (χ2n) is 5.38. The van der Waals surface area contributed by atoms with Crippen molar-refractivity contribution in [2.75, 3.05) is 32.1 Å². The highest BCUT2D eigenvalue weighted by atomic mass is 15.3. The predicted molar refractivity (Wildman–Crippen MR) is 75.1 cm³/mol. The van der Waals surface area contributed by atoms with Crippen LogP contribution in [0.5, 0.6) is 0 Å². The van der Waals surface area contributed by atoms with E-state index in [0.29, 0.717) is 17.4 Å². The van der Waals surface area contributed by atoms with E-state index in [1.807, 2.05) is 20.9 Å². The summed E-state index contributed by atoms with van der Waals surface area (Å²) < 4.78 is 0. The van der Waals surface area contributed by atoms with Gasteiger partial charge in [0.25, 0.3) is 0 Å². The molecule has 1 aromatic heterocycles. The number of rotatable bonds is 3. The van der Waals surface area contributed by atoms with Crippen molar-refractivity contribution in [1.29, 1.82) is 5.26 Å². The van der Waals surface area contributed by atoms with Gasteiger partial charge >= 0.3 is 0 Å². The number of anilines is 1. The molecule has 0 amide bonds. The zero-order valence-electron chi connectivity index (χ0n) is 12.1. The molecule has 1 aromatic rings. The van der Waals surface area contributed by atoms with E-state index in [9.17, 15) is 5.26 Å². The molecule has 1 aliphatic heterocycles. The van der Waals surface area contributed by atoms with Crippen LogP contribution in [0.2, 0.25) is 0 Å². The second kappa shape index (κ2) is 5.54. The quantitative estimate of drug-likeness (QED) is 0.823. The summed E-state index contributed by atoms with van der Waals surface area (Å²) in [6, 6.07) is 2.81. The highest BCUT2D eigenvalue weighted by molar-refractivity contribution is 5.57. The molecule has 1 atom stereocenters. The fraction of sp³-hybridized carbons (Fsp3) is 0.643. The molecule has 1 fully saturated rings. The van der Waals surface area contributed by atoms with Crippen LogP contribution in [0.3, 0.4) is 0 Å². The molecule has 0 bridgehead atoms. The Bertz CT molecular complexity index is 505. The summed E-state index contributed by atoms with van der Waals surface area (Å²) in [6.45, 7) is 5.86. The minimum absolute atomic E-state index is 0.542. The average Bonchev–Trinajstić information content (AvgIpc) is 2.78. The Balaban J connectivity index is 2.22. The van der Waals surface area contributed by atoms with Crippen LogP contribution in [0.4, 0.5) is 5.82 Å². The van der Waals surface area contributed by atoms with Crippen LogP contribution < -0.4 is 4.90 Å². The van der Waals surface area contributed by atoms with E-state index in [-0.39, 0.29) is 0 Å². The smallest absolute Gasteiger partial charge is 0.169 e. The minimum atomic E-state index is 0.542. The Labute approximate surface area is 114 Å². The Hall–Kier alpha value is -1.67. The van der Waals surface area contributed by atoms with E-state index in [2.05, 4.69) is 33.1 Å². The molecule has 0 N–H and O–H groups in total. The van der Waals surface area contributed by atoms with Gasteiger partial charge < -0.3 is 9.80 Å². The second-order valence-corrected chi connectivity index (χ2v) is 5.38. The number of likely N-dealkylation sites (N-methyl/N-ethyl adjacent to an activating group) is 2. The highest BCUT2D eigenvalue weighted by Gasteiger charge is 2.24. The first-order chi connectivity index (χ1) is 9.04. The number of hydrogen-bond donors (Lipinski definition) is 0. The zero-order chi connectivity index (χ0) is 14.0. The molecule has 1 saturated heterocycles. The van der Waals surface area contributed by atoms with Gasteiger partial charge in [-0.25, -0.2) is 0 Å². The van der Waals surface area contributed by atoms with Crippen LogP contribution in [0.15, 0.2) is 0 Å². The fourth-order valence-corrected chi connectivity index (χ4v) is 2.61. The molecular weight excluding hydrogens is 238 g/mol. The van der Waals surface area contributed by atoms with Gasteiger partial charge in [-0.05, 0) is 45.8 Å². The monoisotopic (exact) mass is 259 g/mol. The Kier molecular flexibility index (Phi) is 4.01. The predicted octanol–water partition coefficient (Wildman–Crippen LogP) is 1.50. The van der Waals surface area contributed by atoms with Crippen molar-refractivity contribution >= 4 is 5.82 Å². The van der Waals surface area contributed by atoms with Crippen molar-refractivity contribution in [2.45, 2.75) is 32.7 Å². The summed E-state index contributed by atoms with van der Waals surface area (Å²) in [7, 11) is 4.15. The molecule has 5 heteroatoms. The number of nitrogens with zero attached hydrogens (tertiary/aromatic N) is 5. The van der Waals surface area contributed by atoms with E-state index < -0.39 is 0 Å². The molecule has 2 heterocycles. The molecule has 19 heavy (non-hydrogen) atoms. The van der Waals surface area contributed by atoms with E-state index in [0.717, 1.165) is 24.3 Å². The summed E-state index contributed by atoms with van der Waals surface area (Å²) in [4.78, 5) is 4.43. The average molecular weight is 259 g/mol. The van der Waals surface area contributed by atoms with Gasteiger partial charge in [-0.1, -0.05) is 0 Å². The maximum Gasteiger partial charge on any atom is 0.169 e. The van der Waals surface area contributed by atoms with E-state index in [1.165, 1.54) is 12.8 Å². The van der Waals surface area contributed by atoms with Gasteiger partial charge in [0.2, 0.25) is 0 Å². The first-order valence-electron chi connectivity index (χ1n) is 6.70. The molecule has 2 rings (SSSR count). The van der Waals surface area contributed by atoms with Crippen LogP contribution in [0.1, 0.15) is 29.7 Å². The number of likely N-dealkylation sites (tertiary alicyclic amines) is 1. The Morgan fingerprint density at radius 3 is 2.74 bits per heavy atom. The molecule has 1 unspecified atom stereocenters. The maximum atomic E-state index is 9.33. The lowest BCUT2D eigenvalue weighted by Gasteiger charge is -2.27. The van der Waals surface area contributed by atoms with Crippen LogP contribution in [-0.4, -0.2) is 48.3 Å². The van der Waals surface area contributed by atoms with Crippen molar-refractivity contribution in [2.24, 2.45) is 0 Å². The van der Waals surface area contributed by atoms with Crippen LogP contribution >= 0.6 is 0 Å². The van der Waals surface area contributed by atoms with E-state index >= 15 is 0 Å². The lowest BCUT2D eigenvalue weighted by atomic mass is 10.1. The molecule has 0 radical (unpaired) electrons. The zero-order valence-corrected chi connectivity index (χ0v) is 12.1. The van der Waals surface area contributed by atoms with Gasteiger partial charge in [-0.15, -0.1) is 5.10 Å².